The number of aromatic nitrogens is 1. The lowest BCUT2D eigenvalue weighted by Gasteiger charge is -2.00. The van der Waals surface area contributed by atoms with Crippen molar-refractivity contribution in [1.82, 2.24) is 4.98 Å². The van der Waals surface area contributed by atoms with Crippen LogP contribution in [-0.4, -0.2) is 24.7 Å². The first kappa shape index (κ1) is 12.2. The Hall–Kier alpha value is -1.91. The summed E-state index contributed by atoms with van der Waals surface area (Å²) in [5.74, 6) is -1.62. The summed E-state index contributed by atoms with van der Waals surface area (Å²) in [6.45, 7) is 1.74. The molecule has 0 spiro atoms. The van der Waals surface area contributed by atoms with Gasteiger partial charge in [-0.2, -0.15) is 4.39 Å². The summed E-state index contributed by atoms with van der Waals surface area (Å²) in [4.78, 5) is 14.9. The average Bonchev–Trinajstić information content (AvgIpc) is 2.29. The predicted octanol–water partition coefficient (Wildman–Crippen LogP) is 1.96. The maximum atomic E-state index is 13.2. The smallest absolute Gasteiger partial charge is 0.367 e. The van der Waals surface area contributed by atoms with Crippen LogP contribution in [0.5, 0.6) is 5.88 Å². The third-order valence-electron chi connectivity index (χ3n) is 1.70. The van der Waals surface area contributed by atoms with Crippen LogP contribution < -0.4 is 4.74 Å². The van der Waals surface area contributed by atoms with E-state index in [4.69, 9.17) is 4.74 Å². The van der Waals surface area contributed by atoms with Crippen molar-refractivity contribution in [3.05, 3.63) is 29.7 Å². The fraction of sp³-hybridized carbons (Fsp3) is 0.273. The van der Waals surface area contributed by atoms with E-state index in [0.29, 0.717) is 11.6 Å². The second-order valence-electron chi connectivity index (χ2n) is 2.82. The van der Waals surface area contributed by atoms with Gasteiger partial charge in [0.25, 0.3) is 0 Å². The number of carbonyl (C=O) groups excluding carboxylic acids is 1. The number of nitrogens with zero attached hydrogens (tertiary/aromatic N) is 1. The van der Waals surface area contributed by atoms with E-state index in [1.165, 1.54) is 7.11 Å². The van der Waals surface area contributed by atoms with Crippen LogP contribution in [0.3, 0.4) is 0 Å². The van der Waals surface area contributed by atoms with Crippen LogP contribution in [0.25, 0.3) is 6.08 Å². The van der Waals surface area contributed by atoms with Crippen molar-refractivity contribution in [2.24, 2.45) is 0 Å². The van der Waals surface area contributed by atoms with E-state index < -0.39 is 11.8 Å². The van der Waals surface area contributed by atoms with Gasteiger partial charge in [-0.05, 0) is 13.0 Å². The van der Waals surface area contributed by atoms with Crippen molar-refractivity contribution in [3.63, 3.8) is 0 Å². The van der Waals surface area contributed by atoms with Crippen molar-refractivity contribution in [3.8, 4) is 5.88 Å². The minimum absolute atomic E-state index is 0.131. The Bertz CT molecular complexity index is 404. The molecule has 1 aromatic heterocycles. The van der Waals surface area contributed by atoms with Gasteiger partial charge in [0.2, 0.25) is 11.7 Å². The molecule has 1 heterocycles. The molecule has 0 atom stereocenters. The summed E-state index contributed by atoms with van der Waals surface area (Å²) >= 11 is 0. The number of carbonyl (C=O) groups is 1. The molecule has 1 rings (SSSR count). The molecule has 0 fully saturated rings. The zero-order chi connectivity index (χ0) is 12.0. The molecule has 16 heavy (non-hydrogen) atoms. The van der Waals surface area contributed by atoms with Crippen LogP contribution in [0.4, 0.5) is 4.39 Å². The lowest BCUT2D eigenvalue weighted by Crippen LogP contribution is -2.04. The maximum Gasteiger partial charge on any atom is 0.367 e. The van der Waals surface area contributed by atoms with Gasteiger partial charge in [0.05, 0.1) is 19.4 Å². The highest BCUT2D eigenvalue weighted by atomic mass is 19.1. The van der Waals surface area contributed by atoms with E-state index >= 15 is 0 Å². The number of halogens is 1. The molecule has 0 unspecified atom stereocenters. The molecule has 0 saturated heterocycles. The van der Waals surface area contributed by atoms with E-state index in [9.17, 15) is 9.18 Å². The minimum Gasteiger partial charge on any atom is -0.481 e. The molecule has 0 aliphatic carbocycles. The third-order valence-corrected chi connectivity index (χ3v) is 1.70. The normalized spacial score (nSPS) is 11.1. The Kier molecular flexibility index (Phi) is 4.44. The molecule has 0 radical (unpaired) electrons. The van der Waals surface area contributed by atoms with Crippen LogP contribution in [0.1, 0.15) is 12.6 Å². The lowest BCUT2D eigenvalue weighted by atomic mass is 10.3. The van der Waals surface area contributed by atoms with Gasteiger partial charge in [-0.1, -0.05) is 6.07 Å². The highest BCUT2D eigenvalue weighted by Crippen LogP contribution is 2.11. The zero-order valence-corrected chi connectivity index (χ0v) is 9.07. The van der Waals surface area contributed by atoms with Gasteiger partial charge in [0.15, 0.2) is 0 Å². The predicted molar refractivity (Wildman–Crippen MR) is 56.5 cm³/mol. The number of ether oxygens (including phenoxy) is 2. The van der Waals surface area contributed by atoms with Crippen LogP contribution in [0.15, 0.2) is 24.0 Å². The highest BCUT2D eigenvalue weighted by molar-refractivity contribution is 5.90. The second-order valence-corrected chi connectivity index (χ2v) is 2.82. The zero-order valence-electron chi connectivity index (χ0n) is 9.07. The number of esters is 1. The molecule has 1 aromatic rings. The van der Waals surface area contributed by atoms with Crippen molar-refractivity contribution in [1.29, 1.82) is 0 Å². The second kappa shape index (κ2) is 5.85. The molecule has 0 aliphatic rings. The van der Waals surface area contributed by atoms with Gasteiger partial charge >= 0.3 is 5.97 Å². The Balaban J connectivity index is 2.84. The monoisotopic (exact) mass is 225 g/mol. The molecule has 0 aliphatic heterocycles. The molecule has 86 valence electrons. The Morgan fingerprint density at radius 1 is 1.56 bits per heavy atom. The average molecular weight is 225 g/mol. The Morgan fingerprint density at radius 2 is 2.31 bits per heavy atom. The third kappa shape index (κ3) is 3.34. The van der Waals surface area contributed by atoms with Crippen molar-refractivity contribution < 1.29 is 18.7 Å². The van der Waals surface area contributed by atoms with Gasteiger partial charge in [0.1, 0.15) is 0 Å². The first-order valence-corrected chi connectivity index (χ1v) is 4.72. The highest BCUT2D eigenvalue weighted by Gasteiger charge is 2.09. The van der Waals surface area contributed by atoms with Crippen molar-refractivity contribution >= 4 is 12.0 Å². The van der Waals surface area contributed by atoms with Gasteiger partial charge in [-0.15, -0.1) is 0 Å². The summed E-state index contributed by atoms with van der Waals surface area (Å²) in [7, 11) is 1.46. The molecule has 5 heteroatoms. The summed E-state index contributed by atoms with van der Waals surface area (Å²) in [5, 5.41) is 0. The van der Waals surface area contributed by atoms with Gasteiger partial charge in [-0.25, -0.2) is 9.78 Å². The molecule has 0 saturated carbocycles. The fourth-order valence-electron chi connectivity index (χ4n) is 1.01. The van der Waals surface area contributed by atoms with E-state index in [-0.39, 0.29) is 6.61 Å². The molecule has 0 amide bonds. The summed E-state index contributed by atoms with van der Waals surface area (Å²) in [6, 6.07) is 4.83. The van der Waals surface area contributed by atoms with Crippen LogP contribution >= 0.6 is 0 Å². The van der Waals surface area contributed by atoms with E-state index in [1.54, 1.807) is 25.1 Å². The molecular formula is C11H12FNO3. The summed E-state index contributed by atoms with van der Waals surface area (Å²) < 4.78 is 22.6. The van der Waals surface area contributed by atoms with Crippen LogP contribution in [0.2, 0.25) is 0 Å². The molecule has 0 aromatic carbocycles. The van der Waals surface area contributed by atoms with Gasteiger partial charge in [-0.3, -0.25) is 0 Å². The first-order chi connectivity index (χ1) is 7.67. The number of methoxy groups -OCH3 is 1. The minimum atomic E-state index is -0.993. The van der Waals surface area contributed by atoms with Crippen molar-refractivity contribution in [2.45, 2.75) is 6.92 Å². The van der Waals surface area contributed by atoms with E-state index in [2.05, 4.69) is 9.72 Å². The fourth-order valence-corrected chi connectivity index (χ4v) is 1.01. The first-order valence-electron chi connectivity index (χ1n) is 4.72. The van der Waals surface area contributed by atoms with Gasteiger partial charge < -0.3 is 9.47 Å². The Labute approximate surface area is 92.7 Å². The quantitative estimate of drug-likeness (QED) is 0.580. The number of pyridine rings is 1. The summed E-state index contributed by atoms with van der Waals surface area (Å²) in [5.41, 5.74) is 0.296. The molecule has 0 N–H and O–H groups in total. The topological polar surface area (TPSA) is 48.4 Å². The molecule has 0 bridgehead atoms. The van der Waals surface area contributed by atoms with Crippen LogP contribution in [0, 0.1) is 0 Å². The standard InChI is InChI=1S/C11H12FNO3/c1-3-16-11(14)9(12)7-8-5-4-6-10(13-8)15-2/h4-7H,3H2,1-2H3/b9-7+. The summed E-state index contributed by atoms with van der Waals surface area (Å²) in [6.07, 6.45) is 1.00. The SMILES string of the molecule is CCOC(=O)/C(F)=C\c1cccc(OC)n1. The largest absolute Gasteiger partial charge is 0.481 e. The van der Waals surface area contributed by atoms with Crippen LogP contribution in [-0.2, 0) is 9.53 Å². The van der Waals surface area contributed by atoms with E-state index in [1.807, 2.05) is 0 Å². The molecular weight excluding hydrogens is 213 g/mol. The number of rotatable bonds is 4. The van der Waals surface area contributed by atoms with E-state index in [0.717, 1.165) is 6.08 Å². The maximum absolute atomic E-state index is 13.2. The lowest BCUT2D eigenvalue weighted by molar-refractivity contribution is -0.140. The van der Waals surface area contributed by atoms with Crippen molar-refractivity contribution in [2.75, 3.05) is 13.7 Å². The van der Waals surface area contributed by atoms with Gasteiger partial charge in [0, 0.05) is 12.1 Å². The number of hydrogen-bond donors (Lipinski definition) is 0. The molecule has 4 nitrogen and oxygen atoms in total. The number of hydrogen-bond acceptors (Lipinski definition) is 4. The Morgan fingerprint density at radius 3 is 2.94 bits per heavy atom.